The first-order chi connectivity index (χ1) is 21.7. The van der Waals surface area contributed by atoms with Crippen LogP contribution in [0.2, 0.25) is 10.0 Å². The highest BCUT2D eigenvalue weighted by Crippen LogP contribution is 2.28. The third-order valence-electron chi connectivity index (χ3n) is 7.59. The highest BCUT2D eigenvalue weighted by atomic mass is 35.5. The van der Waals surface area contributed by atoms with Gasteiger partial charge in [0.1, 0.15) is 11.9 Å². The third kappa shape index (κ3) is 5.75. The lowest BCUT2D eigenvalue weighted by molar-refractivity contribution is -0.125. The number of imide groups is 1. The number of hydrogen-bond donors (Lipinski definition) is 1. The Bertz CT molecular complexity index is 1940. The van der Waals surface area contributed by atoms with Gasteiger partial charge in [-0.25, -0.2) is 0 Å². The second-order valence-corrected chi connectivity index (χ2v) is 11.3. The third-order valence-corrected chi connectivity index (χ3v) is 8.15. The summed E-state index contributed by atoms with van der Waals surface area (Å²) in [5.74, 6) is -1.20. The van der Waals surface area contributed by atoms with Gasteiger partial charge >= 0.3 is 0 Å². The fourth-order valence-electron chi connectivity index (χ4n) is 5.42. The van der Waals surface area contributed by atoms with Crippen LogP contribution in [0.1, 0.15) is 53.8 Å². The highest BCUT2D eigenvalue weighted by Gasteiger charge is 2.42. The number of amides is 3. The molecule has 0 spiro atoms. The van der Waals surface area contributed by atoms with Gasteiger partial charge in [0.15, 0.2) is 11.6 Å². The lowest BCUT2D eigenvalue weighted by Crippen LogP contribution is -2.50. The fraction of sp³-hybridized carbons (Fsp3) is 0.118. The SMILES string of the molecule is Cc1nnc(CNC(=O)[C@H](Cc2ccccc2)N2C(=O)c3ccccc3C2=O)n1-c1ccc(Cl)cc1C(=O)c1ccccc1Cl. The maximum absolute atomic E-state index is 13.8. The largest absolute Gasteiger partial charge is 0.347 e. The minimum atomic E-state index is -1.13. The minimum Gasteiger partial charge on any atom is -0.347 e. The number of fused-ring (bicyclic) bond motifs is 1. The molecule has 11 heteroatoms. The van der Waals surface area contributed by atoms with Crippen LogP contribution in [0.5, 0.6) is 0 Å². The lowest BCUT2D eigenvalue weighted by Gasteiger charge is -2.25. The van der Waals surface area contributed by atoms with Crippen molar-refractivity contribution in [2.24, 2.45) is 0 Å². The first-order valence-electron chi connectivity index (χ1n) is 14.0. The molecule has 0 unspecified atom stereocenters. The smallest absolute Gasteiger partial charge is 0.262 e. The molecule has 1 aliphatic heterocycles. The van der Waals surface area contributed by atoms with E-state index in [1.54, 1.807) is 78.2 Å². The number of halogens is 2. The number of nitrogens with zero attached hydrogens (tertiary/aromatic N) is 4. The summed E-state index contributed by atoms with van der Waals surface area (Å²) in [7, 11) is 0. The van der Waals surface area contributed by atoms with Crippen molar-refractivity contribution in [3.05, 3.63) is 147 Å². The Morgan fingerprint density at radius 2 is 1.44 bits per heavy atom. The Balaban J connectivity index is 1.31. The second kappa shape index (κ2) is 12.5. The number of carbonyl (C=O) groups excluding carboxylic acids is 4. The Morgan fingerprint density at radius 1 is 0.800 bits per heavy atom. The number of aromatic nitrogens is 3. The molecule has 2 heterocycles. The van der Waals surface area contributed by atoms with Gasteiger partial charge in [-0.15, -0.1) is 10.2 Å². The molecule has 224 valence electrons. The molecule has 6 rings (SSSR count). The van der Waals surface area contributed by atoms with E-state index in [1.807, 2.05) is 30.3 Å². The van der Waals surface area contributed by atoms with Crippen LogP contribution < -0.4 is 5.32 Å². The zero-order valence-electron chi connectivity index (χ0n) is 23.9. The molecule has 9 nitrogen and oxygen atoms in total. The highest BCUT2D eigenvalue weighted by molar-refractivity contribution is 6.35. The summed E-state index contributed by atoms with van der Waals surface area (Å²) < 4.78 is 1.65. The van der Waals surface area contributed by atoms with Crippen molar-refractivity contribution >= 4 is 46.7 Å². The molecular weight excluding hydrogens is 613 g/mol. The summed E-state index contributed by atoms with van der Waals surface area (Å²) in [4.78, 5) is 55.3. The number of nitrogens with one attached hydrogen (secondary N) is 1. The van der Waals surface area contributed by atoms with E-state index in [2.05, 4.69) is 15.5 Å². The monoisotopic (exact) mass is 637 g/mol. The van der Waals surface area contributed by atoms with Crippen LogP contribution in [0.4, 0.5) is 0 Å². The van der Waals surface area contributed by atoms with Gasteiger partial charge < -0.3 is 5.32 Å². The molecule has 4 aromatic carbocycles. The van der Waals surface area contributed by atoms with E-state index in [0.717, 1.165) is 10.5 Å². The van der Waals surface area contributed by atoms with Gasteiger partial charge in [0.05, 0.1) is 28.4 Å². The number of carbonyl (C=O) groups is 4. The van der Waals surface area contributed by atoms with Crippen molar-refractivity contribution < 1.29 is 19.2 Å². The van der Waals surface area contributed by atoms with Crippen LogP contribution in [-0.4, -0.2) is 49.2 Å². The number of ketones is 1. The second-order valence-electron chi connectivity index (χ2n) is 10.4. The van der Waals surface area contributed by atoms with E-state index in [4.69, 9.17) is 23.2 Å². The molecule has 5 aromatic rings. The van der Waals surface area contributed by atoms with Crippen molar-refractivity contribution in [1.82, 2.24) is 25.0 Å². The van der Waals surface area contributed by atoms with Crippen LogP contribution in [0, 0.1) is 6.92 Å². The number of aryl methyl sites for hydroxylation is 1. The van der Waals surface area contributed by atoms with E-state index >= 15 is 0 Å². The van der Waals surface area contributed by atoms with Gasteiger partial charge in [0.2, 0.25) is 5.91 Å². The molecule has 1 N–H and O–H groups in total. The minimum absolute atomic E-state index is 0.109. The van der Waals surface area contributed by atoms with Gasteiger partial charge in [0.25, 0.3) is 11.8 Å². The molecule has 1 aliphatic rings. The average molecular weight is 639 g/mol. The molecule has 0 saturated heterocycles. The number of hydrogen-bond acceptors (Lipinski definition) is 6. The molecule has 3 amide bonds. The van der Waals surface area contributed by atoms with Crippen LogP contribution in [-0.2, 0) is 17.8 Å². The molecule has 0 aliphatic carbocycles. The Morgan fingerprint density at radius 3 is 2.13 bits per heavy atom. The maximum Gasteiger partial charge on any atom is 0.262 e. The predicted molar refractivity (Wildman–Crippen MR) is 169 cm³/mol. The first kappa shape index (κ1) is 29.9. The lowest BCUT2D eigenvalue weighted by atomic mass is 10.0. The standard InChI is InChI=1S/C34H25Cl2N5O4/c1-20-38-39-30(40(20)28-16-15-22(35)18-26(28)31(42)25-13-7-8-14-27(25)36)19-37-32(43)29(17-21-9-3-2-4-10-21)41-33(44)23-11-5-6-12-24(23)34(41)45/h2-16,18,29H,17,19H2,1H3,(H,37,43)/t29-/m0/s1. The van der Waals surface area contributed by atoms with Crippen LogP contribution in [0.3, 0.4) is 0 Å². The number of rotatable bonds is 9. The molecule has 45 heavy (non-hydrogen) atoms. The summed E-state index contributed by atoms with van der Waals surface area (Å²) in [5, 5.41) is 11.9. The van der Waals surface area contributed by atoms with Crippen LogP contribution in [0.15, 0.2) is 97.1 Å². The van der Waals surface area contributed by atoms with E-state index in [-0.39, 0.29) is 35.4 Å². The topological polar surface area (TPSA) is 114 Å². The predicted octanol–water partition coefficient (Wildman–Crippen LogP) is 5.64. The van der Waals surface area contributed by atoms with E-state index < -0.39 is 23.8 Å². The summed E-state index contributed by atoms with van der Waals surface area (Å²) in [6.07, 6.45) is 0.109. The van der Waals surface area contributed by atoms with Gasteiger partial charge in [-0.05, 0) is 55.0 Å². The molecule has 0 fully saturated rings. The van der Waals surface area contributed by atoms with Crippen molar-refractivity contribution in [2.75, 3.05) is 0 Å². The van der Waals surface area contributed by atoms with Crippen molar-refractivity contribution in [3.8, 4) is 5.69 Å². The van der Waals surface area contributed by atoms with Crippen molar-refractivity contribution in [2.45, 2.75) is 25.9 Å². The summed E-state index contributed by atoms with van der Waals surface area (Å²) in [6, 6.07) is 26.1. The van der Waals surface area contributed by atoms with Gasteiger partial charge in [-0.2, -0.15) is 0 Å². The van der Waals surface area contributed by atoms with E-state index in [0.29, 0.717) is 32.9 Å². The summed E-state index contributed by atoms with van der Waals surface area (Å²) >= 11 is 12.7. The average Bonchev–Trinajstić information content (AvgIpc) is 3.54. The Labute approximate surface area is 268 Å². The molecule has 0 bridgehead atoms. The molecule has 1 aromatic heterocycles. The number of benzene rings is 4. The Hall–Kier alpha value is -5.12. The maximum atomic E-state index is 13.8. The molecule has 0 radical (unpaired) electrons. The normalized spacial score (nSPS) is 13.1. The van der Waals surface area contributed by atoms with Gasteiger partial charge in [-0.1, -0.05) is 77.8 Å². The van der Waals surface area contributed by atoms with Crippen LogP contribution >= 0.6 is 23.2 Å². The van der Waals surface area contributed by atoms with Crippen molar-refractivity contribution in [3.63, 3.8) is 0 Å². The Kier molecular flexibility index (Phi) is 8.30. The zero-order chi connectivity index (χ0) is 31.7. The van der Waals surface area contributed by atoms with Crippen molar-refractivity contribution in [1.29, 1.82) is 0 Å². The zero-order valence-corrected chi connectivity index (χ0v) is 25.4. The molecular formula is C34H25Cl2N5O4. The van der Waals surface area contributed by atoms with Gasteiger partial charge in [0, 0.05) is 22.6 Å². The van der Waals surface area contributed by atoms with E-state index in [1.165, 1.54) is 0 Å². The molecule has 0 saturated carbocycles. The quantitative estimate of drug-likeness (QED) is 0.165. The van der Waals surface area contributed by atoms with E-state index in [9.17, 15) is 19.2 Å². The summed E-state index contributed by atoms with van der Waals surface area (Å²) in [6.45, 7) is 1.60. The summed E-state index contributed by atoms with van der Waals surface area (Å²) in [5.41, 5.74) is 2.28. The molecule has 1 atom stereocenters. The first-order valence-corrected chi connectivity index (χ1v) is 14.8. The van der Waals surface area contributed by atoms with Gasteiger partial charge in [-0.3, -0.25) is 28.6 Å². The fourth-order valence-corrected chi connectivity index (χ4v) is 5.82. The van der Waals surface area contributed by atoms with Crippen LogP contribution in [0.25, 0.3) is 5.69 Å².